The minimum absolute atomic E-state index is 0.125. The van der Waals surface area contributed by atoms with E-state index in [4.69, 9.17) is 4.52 Å². The van der Waals surface area contributed by atoms with Crippen molar-refractivity contribution >= 4 is 0 Å². The van der Waals surface area contributed by atoms with Crippen LogP contribution in [0.4, 0.5) is 4.39 Å². The summed E-state index contributed by atoms with van der Waals surface area (Å²) in [5.74, 6) is 2.32. The van der Waals surface area contributed by atoms with E-state index in [1.54, 1.807) is 6.07 Å². The molecule has 0 radical (unpaired) electrons. The van der Waals surface area contributed by atoms with Gasteiger partial charge in [-0.05, 0) is 38.3 Å². The summed E-state index contributed by atoms with van der Waals surface area (Å²) in [4.78, 5) is 6.87. The Labute approximate surface area is 129 Å². The Balaban J connectivity index is 1.43. The third kappa shape index (κ3) is 2.90. The van der Waals surface area contributed by atoms with Crippen molar-refractivity contribution in [1.29, 1.82) is 0 Å². The standard InChI is InChI=1S/C17H20FN3O/c18-15-6-2-1-4-13(15)10-21-9-3-5-14(11-21)16-19-17(22-20-16)12-7-8-12/h1-2,4,6,12,14H,3,5,7-11H2/t14-/m0/s1. The van der Waals surface area contributed by atoms with Crippen LogP contribution >= 0.6 is 0 Å². The molecule has 4 nitrogen and oxygen atoms in total. The molecule has 0 unspecified atom stereocenters. The fourth-order valence-electron chi connectivity index (χ4n) is 3.19. The molecule has 2 heterocycles. The molecule has 2 fully saturated rings. The molecule has 0 spiro atoms. The molecule has 5 heteroatoms. The van der Waals surface area contributed by atoms with Gasteiger partial charge in [0.2, 0.25) is 5.89 Å². The van der Waals surface area contributed by atoms with Crippen molar-refractivity contribution in [3.05, 3.63) is 47.4 Å². The summed E-state index contributed by atoms with van der Waals surface area (Å²) >= 11 is 0. The predicted octanol–water partition coefficient (Wildman–Crippen LogP) is 3.47. The first-order valence-corrected chi connectivity index (χ1v) is 8.09. The molecular weight excluding hydrogens is 281 g/mol. The van der Waals surface area contributed by atoms with Crippen LogP contribution < -0.4 is 0 Å². The summed E-state index contributed by atoms with van der Waals surface area (Å²) in [7, 11) is 0. The number of hydrogen-bond donors (Lipinski definition) is 0. The van der Waals surface area contributed by atoms with Gasteiger partial charge in [-0.3, -0.25) is 4.90 Å². The van der Waals surface area contributed by atoms with E-state index >= 15 is 0 Å². The van der Waals surface area contributed by atoms with E-state index in [0.29, 0.717) is 18.4 Å². The fourth-order valence-corrected chi connectivity index (χ4v) is 3.19. The summed E-state index contributed by atoms with van der Waals surface area (Å²) < 4.78 is 19.2. The SMILES string of the molecule is Fc1ccccc1CN1CCC[C@H](c2noc(C3CC3)n2)C1. The highest BCUT2D eigenvalue weighted by atomic mass is 19.1. The van der Waals surface area contributed by atoms with E-state index in [-0.39, 0.29) is 5.82 Å². The number of likely N-dealkylation sites (tertiary alicyclic amines) is 1. The van der Waals surface area contributed by atoms with Crippen LogP contribution in [0.5, 0.6) is 0 Å². The van der Waals surface area contributed by atoms with Crippen molar-refractivity contribution in [2.75, 3.05) is 13.1 Å². The van der Waals surface area contributed by atoms with E-state index in [2.05, 4.69) is 15.0 Å². The van der Waals surface area contributed by atoms with Crippen LogP contribution in [-0.4, -0.2) is 28.1 Å². The quantitative estimate of drug-likeness (QED) is 0.867. The number of benzene rings is 1. The van der Waals surface area contributed by atoms with Gasteiger partial charge in [-0.1, -0.05) is 23.4 Å². The third-order valence-electron chi connectivity index (χ3n) is 4.61. The highest BCUT2D eigenvalue weighted by Crippen LogP contribution is 2.39. The number of aromatic nitrogens is 2. The van der Waals surface area contributed by atoms with Gasteiger partial charge in [-0.2, -0.15) is 4.98 Å². The van der Waals surface area contributed by atoms with Gasteiger partial charge >= 0.3 is 0 Å². The molecule has 1 aliphatic carbocycles. The Hall–Kier alpha value is -1.75. The number of piperidine rings is 1. The van der Waals surface area contributed by atoms with Crippen LogP contribution in [0.25, 0.3) is 0 Å². The molecular formula is C17H20FN3O. The molecule has 22 heavy (non-hydrogen) atoms. The normalized spacial score (nSPS) is 22.9. The Morgan fingerprint density at radius 3 is 2.86 bits per heavy atom. The smallest absolute Gasteiger partial charge is 0.229 e. The number of rotatable bonds is 4. The maximum absolute atomic E-state index is 13.8. The van der Waals surface area contributed by atoms with Gasteiger partial charge in [0, 0.05) is 30.5 Å². The predicted molar refractivity (Wildman–Crippen MR) is 79.9 cm³/mol. The van der Waals surface area contributed by atoms with Crippen molar-refractivity contribution in [3.63, 3.8) is 0 Å². The summed E-state index contributed by atoms with van der Waals surface area (Å²) in [6.45, 7) is 2.52. The van der Waals surface area contributed by atoms with Gasteiger partial charge in [0.25, 0.3) is 0 Å². The second-order valence-electron chi connectivity index (χ2n) is 6.43. The van der Waals surface area contributed by atoms with E-state index in [0.717, 1.165) is 43.2 Å². The molecule has 1 aromatic heterocycles. The highest BCUT2D eigenvalue weighted by molar-refractivity contribution is 5.17. The lowest BCUT2D eigenvalue weighted by Gasteiger charge is -2.31. The van der Waals surface area contributed by atoms with E-state index in [9.17, 15) is 4.39 Å². The second-order valence-corrected chi connectivity index (χ2v) is 6.43. The molecule has 1 saturated heterocycles. The molecule has 0 bridgehead atoms. The lowest BCUT2D eigenvalue weighted by Crippen LogP contribution is -2.34. The summed E-state index contributed by atoms with van der Waals surface area (Å²) in [6, 6.07) is 7.01. The molecule has 1 aliphatic heterocycles. The molecule has 0 amide bonds. The Kier molecular flexibility index (Phi) is 3.66. The van der Waals surface area contributed by atoms with Crippen LogP contribution in [0.1, 0.15) is 54.8 Å². The molecule has 2 aliphatic rings. The Bertz CT molecular complexity index is 653. The van der Waals surface area contributed by atoms with E-state index < -0.39 is 0 Å². The minimum Gasteiger partial charge on any atom is -0.339 e. The molecule has 2 aromatic rings. The zero-order chi connectivity index (χ0) is 14.9. The van der Waals surface area contributed by atoms with Gasteiger partial charge in [0.1, 0.15) is 5.82 Å². The second kappa shape index (κ2) is 5.80. The Morgan fingerprint density at radius 1 is 1.18 bits per heavy atom. The van der Waals surface area contributed by atoms with Crippen molar-refractivity contribution in [1.82, 2.24) is 15.0 Å². The van der Waals surface area contributed by atoms with Gasteiger partial charge in [0.15, 0.2) is 5.82 Å². The summed E-state index contributed by atoms with van der Waals surface area (Å²) in [5.41, 5.74) is 0.759. The van der Waals surface area contributed by atoms with Crippen LogP contribution in [0.15, 0.2) is 28.8 Å². The number of halogens is 1. The van der Waals surface area contributed by atoms with Crippen LogP contribution in [-0.2, 0) is 6.54 Å². The van der Waals surface area contributed by atoms with Crippen molar-refractivity contribution in [2.45, 2.75) is 44.1 Å². The minimum atomic E-state index is -0.125. The average molecular weight is 301 g/mol. The fraction of sp³-hybridized carbons (Fsp3) is 0.529. The molecule has 4 rings (SSSR count). The maximum atomic E-state index is 13.8. The number of nitrogens with zero attached hydrogens (tertiary/aromatic N) is 3. The van der Waals surface area contributed by atoms with Crippen molar-refractivity contribution in [2.24, 2.45) is 0 Å². The topological polar surface area (TPSA) is 42.2 Å². The zero-order valence-corrected chi connectivity index (χ0v) is 12.5. The first kappa shape index (κ1) is 13.9. The largest absolute Gasteiger partial charge is 0.339 e. The van der Waals surface area contributed by atoms with Gasteiger partial charge in [0.05, 0.1) is 0 Å². The van der Waals surface area contributed by atoms with E-state index in [1.165, 1.54) is 18.9 Å². The van der Waals surface area contributed by atoms with Gasteiger partial charge in [-0.25, -0.2) is 4.39 Å². The monoisotopic (exact) mass is 301 g/mol. The summed E-state index contributed by atoms with van der Waals surface area (Å²) in [5, 5.41) is 4.17. The zero-order valence-electron chi connectivity index (χ0n) is 12.5. The van der Waals surface area contributed by atoms with Gasteiger partial charge in [-0.15, -0.1) is 0 Å². The van der Waals surface area contributed by atoms with Crippen LogP contribution in [0.3, 0.4) is 0 Å². The maximum Gasteiger partial charge on any atom is 0.229 e. The lowest BCUT2D eigenvalue weighted by molar-refractivity contribution is 0.192. The lowest BCUT2D eigenvalue weighted by atomic mass is 9.97. The van der Waals surface area contributed by atoms with Crippen molar-refractivity contribution < 1.29 is 8.91 Å². The third-order valence-corrected chi connectivity index (χ3v) is 4.61. The average Bonchev–Trinajstić information content (AvgIpc) is 3.27. The molecule has 1 atom stereocenters. The molecule has 1 aromatic carbocycles. The molecule has 0 N–H and O–H groups in total. The summed E-state index contributed by atoms with van der Waals surface area (Å²) in [6.07, 6.45) is 4.52. The molecule has 116 valence electrons. The van der Waals surface area contributed by atoms with Gasteiger partial charge < -0.3 is 4.52 Å². The van der Waals surface area contributed by atoms with Crippen LogP contribution in [0, 0.1) is 5.82 Å². The first-order valence-electron chi connectivity index (χ1n) is 8.09. The molecule has 1 saturated carbocycles. The number of hydrogen-bond acceptors (Lipinski definition) is 4. The first-order chi connectivity index (χ1) is 10.8. The van der Waals surface area contributed by atoms with Crippen LogP contribution in [0.2, 0.25) is 0 Å². The van der Waals surface area contributed by atoms with Crippen molar-refractivity contribution in [3.8, 4) is 0 Å². The van der Waals surface area contributed by atoms with E-state index in [1.807, 2.05) is 12.1 Å². The highest BCUT2D eigenvalue weighted by Gasteiger charge is 2.32. The Morgan fingerprint density at radius 2 is 2.05 bits per heavy atom.